The molecule has 4 rings (SSSR count). The first-order chi connectivity index (χ1) is 12.9. The summed E-state index contributed by atoms with van der Waals surface area (Å²) in [6.45, 7) is 1.43. The molecule has 1 aromatic heterocycles. The van der Waals surface area contributed by atoms with E-state index in [9.17, 15) is 13.2 Å². The van der Waals surface area contributed by atoms with Crippen molar-refractivity contribution in [3.8, 4) is 11.5 Å². The Morgan fingerprint density at radius 2 is 2.00 bits per heavy atom. The molecule has 144 valence electrons. The maximum Gasteiger partial charge on any atom is 0.252 e. The zero-order valence-corrected chi connectivity index (χ0v) is 16.6. The van der Waals surface area contributed by atoms with Crippen LogP contribution in [0.3, 0.4) is 0 Å². The van der Waals surface area contributed by atoms with Gasteiger partial charge < -0.3 is 14.8 Å². The fourth-order valence-electron chi connectivity index (χ4n) is 3.02. The van der Waals surface area contributed by atoms with Gasteiger partial charge in [-0.15, -0.1) is 11.3 Å². The third kappa shape index (κ3) is 3.64. The minimum absolute atomic E-state index is 0.0730. The first-order valence-corrected chi connectivity index (χ1v) is 11.0. The van der Waals surface area contributed by atoms with Gasteiger partial charge in [-0.1, -0.05) is 11.6 Å². The van der Waals surface area contributed by atoms with Crippen molar-refractivity contribution in [2.24, 2.45) is 0 Å². The first kappa shape index (κ1) is 18.5. The van der Waals surface area contributed by atoms with E-state index in [0.717, 1.165) is 17.7 Å². The number of fused-ring (bicyclic) bond motifs is 1. The normalized spacial score (nSPS) is 16.6. The van der Waals surface area contributed by atoms with Crippen molar-refractivity contribution in [3.05, 3.63) is 39.7 Å². The average molecular weight is 429 g/mol. The molecule has 2 aliphatic heterocycles. The summed E-state index contributed by atoms with van der Waals surface area (Å²) in [5, 5.41) is 3.09. The van der Waals surface area contributed by atoms with E-state index >= 15 is 0 Å². The summed E-state index contributed by atoms with van der Waals surface area (Å²) < 4.78 is 37.4. The van der Waals surface area contributed by atoms with Crippen molar-refractivity contribution in [1.29, 1.82) is 0 Å². The van der Waals surface area contributed by atoms with Crippen molar-refractivity contribution in [2.45, 2.75) is 23.6 Å². The highest BCUT2D eigenvalue weighted by atomic mass is 35.5. The van der Waals surface area contributed by atoms with Crippen LogP contribution in [0.2, 0.25) is 5.02 Å². The average Bonchev–Trinajstić information content (AvgIpc) is 3.40. The highest BCUT2D eigenvalue weighted by Gasteiger charge is 2.28. The Morgan fingerprint density at radius 1 is 1.22 bits per heavy atom. The SMILES string of the molecule is O=C(NCc1ccc(S(=O)(=O)N2CCCC2)s1)c1cc(Cl)c2c(c1)OCO2. The van der Waals surface area contributed by atoms with Crippen LogP contribution in [-0.2, 0) is 16.6 Å². The van der Waals surface area contributed by atoms with E-state index in [1.165, 1.54) is 21.7 Å². The Balaban J connectivity index is 1.43. The lowest BCUT2D eigenvalue weighted by atomic mass is 10.2. The lowest BCUT2D eigenvalue weighted by molar-refractivity contribution is 0.0951. The molecular formula is C17H17ClN2O5S2. The smallest absolute Gasteiger partial charge is 0.252 e. The summed E-state index contributed by atoms with van der Waals surface area (Å²) in [6, 6.07) is 6.40. The number of nitrogens with one attached hydrogen (secondary N) is 1. The third-order valence-corrected chi connectivity index (χ3v) is 8.14. The van der Waals surface area contributed by atoms with Gasteiger partial charge in [0.25, 0.3) is 15.9 Å². The van der Waals surface area contributed by atoms with E-state index in [2.05, 4.69) is 5.32 Å². The van der Waals surface area contributed by atoms with Gasteiger partial charge in [0.1, 0.15) is 4.21 Å². The van der Waals surface area contributed by atoms with Gasteiger partial charge in [0.05, 0.1) is 11.6 Å². The molecule has 1 saturated heterocycles. The van der Waals surface area contributed by atoms with E-state index in [-0.39, 0.29) is 19.2 Å². The van der Waals surface area contributed by atoms with Crippen molar-refractivity contribution in [3.63, 3.8) is 0 Å². The lowest BCUT2D eigenvalue weighted by Gasteiger charge is -2.13. The molecule has 0 unspecified atom stereocenters. The van der Waals surface area contributed by atoms with Crippen LogP contribution in [0.1, 0.15) is 28.1 Å². The number of sulfonamides is 1. The van der Waals surface area contributed by atoms with Gasteiger partial charge in [-0.25, -0.2) is 8.42 Å². The fourth-order valence-corrected chi connectivity index (χ4v) is 6.25. The van der Waals surface area contributed by atoms with Gasteiger partial charge in [0.15, 0.2) is 11.5 Å². The van der Waals surface area contributed by atoms with E-state index < -0.39 is 10.0 Å². The van der Waals surface area contributed by atoms with E-state index in [4.69, 9.17) is 21.1 Å². The predicted molar refractivity (Wildman–Crippen MR) is 101 cm³/mol. The minimum Gasteiger partial charge on any atom is -0.454 e. The molecule has 0 radical (unpaired) electrons. The molecule has 1 amide bonds. The van der Waals surface area contributed by atoms with Crippen LogP contribution >= 0.6 is 22.9 Å². The van der Waals surface area contributed by atoms with Gasteiger partial charge >= 0.3 is 0 Å². The summed E-state index contributed by atoms with van der Waals surface area (Å²) >= 11 is 7.27. The maximum absolute atomic E-state index is 12.6. The molecule has 0 spiro atoms. The third-order valence-electron chi connectivity index (χ3n) is 4.41. The lowest BCUT2D eigenvalue weighted by Crippen LogP contribution is -2.27. The van der Waals surface area contributed by atoms with Gasteiger partial charge in [-0.3, -0.25) is 4.79 Å². The number of halogens is 1. The van der Waals surface area contributed by atoms with Gasteiger partial charge in [-0.05, 0) is 37.1 Å². The number of amides is 1. The van der Waals surface area contributed by atoms with Crippen LogP contribution in [0, 0.1) is 0 Å². The molecule has 2 aromatic rings. The Bertz CT molecular complexity index is 983. The Hall–Kier alpha value is -1.81. The Morgan fingerprint density at radius 3 is 2.78 bits per heavy atom. The molecular weight excluding hydrogens is 412 g/mol. The number of hydrogen-bond donors (Lipinski definition) is 1. The van der Waals surface area contributed by atoms with Gasteiger partial charge in [0, 0.05) is 23.5 Å². The quantitative estimate of drug-likeness (QED) is 0.791. The second-order valence-corrected chi connectivity index (χ2v) is 9.95. The van der Waals surface area contributed by atoms with Crippen LogP contribution in [0.4, 0.5) is 0 Å². The molecule has 7 nitrogen and oxygen atoms in total. The van der Waals surface area contributed by atoms with Crippen molar-refractivity contribution >= 4 is 38.9 Å². The molecule has 0 atom stereocenters. The number of hydrogen-bond acceptors (Lipinski definition) is 6. The van der Waals surface area contributed by atoms with Crippen molar-refractivity contribution < 1.29 is 22.7 Å². The molecule has 27 heavy (non-hydrogen) atoms. The molecule has 10 heteroatoms. The maximum atomic E-state index is 12.6. The summed E-state index contributed by atoms with van der Waals surface area (Å²) in [6.07, 6.45) is 1.79. The topological polar surface area (TPSA) is 84.9 Å². The van der Waals surface area contributed by atoms with Crippen LogP contribution < -0.4 is 14.8 Å². The first-order valence-electron chi connectivity index (χ1n) is 8.41. The number of thiophene rings is 1. The number of carbonyl (C=O) groups is 1. The predicted octanol–water partition coefficient (Wildman–Crippen LogP) is 2.84. The Kier molecular flexibility index (Phi) is 5.02. The van der Waals surface area contributed by atoms with Crippen LogP contribution in [0.15, 0.2) is 28.5 Å². The van der Waals surface area contributed by atoms with Gasteiger partial charge in [0.2, 0.25) is 6.79 Å². The Labute approximate surface area is 165 Å². The molecule has 1 fully saturated rings. The second kappa shape index (κ2) is 7.31. The molecule has 1 N–H and O–H groups in total. The largest absolute Gasteiger partial charge is 0.454 e. The number of rotatable bonds is 5. The van der Waals surface area contributed by atoms with Crippen molar-refractivity contribution in [2.75, 3.05) is 19.9 Å². The van der Waals surface area contributed by atoms with Crippen LogP contribution in [-0.4, -0.2) is 38.5 Å². The van der Waals surface area contributed by atoms with E-state index in [1.807, 2.05) is 0 Å². The zero-order valence-electron chi connectivity index (χ0n) is 14.2. The molecule has 0 bridgehead atoms. The highest BCUT2D eigenvalue weighted by Crippen LogP contribution is 2.39. The summed E-state index contributed by atoms with van der Waals surface area (Å²) in [7, 11) is -3.43. The minimum atomic E-state index is -3.43. The molecule has 1 aromatic carbocycles. The number of carbonyl (C=O) groups excluding carboxylic acids is 1. The molecule has 2 aliphatic rings. The second-order valence-electron chi connectivity index (χ2n) is 6.21. The summed E-state index contributed by atoms with van der Waals surface area (Å²) in [5.74, 6) is 0.540. The van der Waals surface area contributed by atoms with Crippen LogP contribution in [0.25, 0.3) is 0 Å². The van der Waals surface area contributed by atoms with E-state index in [1.54, 1.807) is 18.2 Å². The molecule has 0 saturated carbocycles. The number of ether oxygens (including phenoxy) is 2. The monoisotopic (exact) mass is 428 g/mol. The standard InChI is InChI=1S/C17H17ClN2O5S2/c18-13-7-11(8-14-16(13)25-10-24-14)17(21)19-9-12-3-4-15(26-12)27(22,23)20-5-1-2-6-20/h3-4,7-8H,1-2,5-6,9-10H2,(H,19,21). The number of nitrogens with zero attached hydrogens (tertiary/aromatic N) is 1. The summed E-state index contributed by atoms with van der Waals surface area (Å²) in [4.78, 5) is 13.2. The highest BCUT2D eigenvalue weighted by molar-refractivity contribution is 7.91. The zero-order chi connectivity index (χ0) is 19.0. The molecule has 0 aliphatic carbocycles. The molecule has 3 heterocycles. The van der Waals surface area contributed by atoms with Gasteiger partial charge in [-0.2, -0.15) is 4.31 Å². The van der Waals surface area contributed by atoms with Crippen LogP contribution in [0.5, 0.6) is 11.5 Å². The number of benzene rings is 1. The van der Waals surface area contributed by atoms with Crippen molar-refractivity contribution in [1.82, 2.24) is 9.62 Å². The summed E-state index contributed by atoms with van der Waals surface area (Å²) in [5.41, 5.74) is 0.353. The van der Waals surface area contributed by atoms with E-state index in [0.29, 0.717) is 39.4 Å². The fraction of sp³-hybridized carbons (Fsp3) is 0.353.